The average molecular weight is 319 g/mol. The number of aromatic nitrogens is 1. The van der Waals surface area contributed by atoms with E-state index in [1.807, 2.05) is 25.7 Å². The molecule has 1 rings (SSSR count). The second-order valence-electron chi connectivity index (χ2n) is 4.12. The monoisotopic (exact) mass is 318 g/mol. The summed E-state index contributed by atoms with van der Waals surface area (Å²) in [6.45, 7) is 7.92. The Bertz CT molecular complexity index is 468. The maximum Gasteiger partial charge on any atom is 0.239 e. The Balaban J connectivity index is 3.01. The normalized spacial score (nSPS) is 10.2. The third-order valence-electron chi connectivity index (χ3n) is 2.64. The highest BCUT2D eigenvalue weighted by molar-refractivity contribution is 6.37. The molecule has 0 aliphatic rings. The molecule has 0 saturated heterocycles. The van der Waals surface area contributed by atoms with Crippen LogP contribution in [0.5, 0.6) is 0 Å². The van der Waals surface area contributed by atoms with Crippen molar-refractivity contribution >= 4 is 40.7 Å². The van der Waals surface area contributed by atoms with Gasteiger partial charge in [-0.15, -0.1) is 0 Å². The van der Waals surface area contributed by atoms with Gasteiger partial charge in [-0.25, -0.2) is 4.98 Å². The van der Waals surface area contributed by atoms with Crippen LogP contribution in [0.3, 0.4) is 0 Å². The molecule has 7 heteroatoms. The number of likely N-dealkylation sites (N-methyl/N-ethyl adjacent to an activating group) is 2. The zero-order chi connectivity index (χ0) is 15.1. The molecule has 1 aromatic rings. The first-order valence-electron chi connectivity index (χ1n) is 6.64. The van der Waals surface area contributed by atoms with Crippen molar-refractivity contribution in [2.45, 2.75) is 20.8 Å². The lowest BCUT2D eigenvalue weighted by Crippen LogP contribution is -2.37. The molecule has 0 unspecified atom stereocenters. The number of nitrogens with one attached hydrogen (secondary N) is 2. The van der Waals surface area contributed by atoms with Crippen LogP contribution in [-0.4, -0.2) is 37.1 Å². The van der Waals surface area contributed by atoms with E-state index in [1.165, 1.54) is 0 Å². The van der Waals surface area contributed by atoms with Gasteiger partial charge in [-0.3, -0.25) is 4.79 Å². The Labute approximate surface area is 129 Å². The third kappa shape index (κ3) is 4.42. The van der Waals surface area contributed by atoms with Crippen molar-refractivity contribution in [1.82, 2.24) is 10.3 Å². The molecule has 0 aromatic carbocycles. The van der Waals surface area contributed by atoms with Crippen LogP contribution >= 0.6 is 23.2 Å². The number of hydrogen-bond acceptors (Lipinski definition) is 4. The molecule has 1 heterocycles. The van der Waals surface area contributed by atoms with E-state index in [2.05, 4.69) is 15.6 Å². The molecule has 0 bridgehead atoms. The van der Waals surface area contributed by atoms with Gasteiger partial charge in [0.25, 0.3) is 0 Å². The number of halogens is 2. The molecule has 0 atom stereocenters. The van der Waals surface area contributed by atoms with Gasteiger partial charge in [-0.1, -0.05) is 23.2 Å². The summed E-state index contributed by atoms with van der Waals surface area (Å²) in [6.07, 6.45) is 0. The molecule has 112 valence electrons. The van der Waals surface area contributed by atoms with Gasteiger partial charge < -0.3 is 15.5 Å². The number of rotatable bonds is 7. The summed E-state index contributed by atoms with van der Waals surface area (Å²) in [5, 5.41) is 6.73. The minimum atomic E-state index is -0.0628. The van der Waals surface area contributed by atoms with Crippen molar-refractivity contribution in [3.05, 3.63) is 16.1 Å². The fraction of sp³-hybridized carbons (Fsp3) is 0.538. The summed E-state index contributed by atoms with van der Waals surface area (Å²) < 4.78 is 0. The largest absolute Gasteiger partial charge is 0.369 e. The van der Waals surface area contributed by atoms with Crippen LogP contribution < -0.4 is 15.5 Å². The Morgan fingerprint density at radius 1 is 1.25 bits per heavy atom. The lowest BCUT2D eigenvalue weighted by molar-refractivity contribution is -0.119. The number of nitrogens with zero attached hydrogens (tertiary/aromatic N) is 2. The van der Waals surface area contributed by atoms with E-state index in [9.17, 15) is 4.79 Å². The van der Waals surface area contributed by atoms with Crippen LogP contribution in [0, 0.1) is 0 Å². The van der Waals surface area contributed by atoms with Crippen LogP contribution in [0.15, 0.2) is 6.07 Å². The minimum Gasteiger partial charge on any atom is -0.369 e. The molecule has 5 nitrogen and oxygen atoms in total. The SMILES string of the molecule is CCNC(=O)CN(CC)c1nc(NCC)c(Cl)cc1Cl. The van der Waals surface area contributed by atoms with Gasteiger partial charge >= 0.3 is 0 Å². The highest BCUT2D eigenvalue weighted by Gasteiger charge is 2.16. The Kier molecular flexibility index (Phi) is 6.88. The van der Waals surface area contributed by atoms with Gasteiger partial charge in [0.2, 0.25) is 5.91 Å². The maximum absolute atomic E-state index is 11.7. The van der Waals surface area contributed by atoms with Crippen molar-refractivity contribution in [2.24, 2.45) is 0 Å². The summed E-state index contributed by atoms with van der Waals surface area (Å²) in [5.74, 6) is 1.07. The highest BCUT2D eigenvalue weighted by atomic mass is 35.5. The summed E-state index contributed by atoms with van der Waals surface area (Å²) in [5.41, 5.74) is 0. The maximum atomic E-state index is 11.7. The molecule has 1 aromatic heterocycles. The van der Waals surface area contributed by atoms with E-state index in [0.717, 1.165) is 0 Å². The van der Waals surface area contributed by atoms with Gasteiger partial charge in [0.15, 0.2) is 0 Å². The average Bonchev–Trinajstić information content (AvgIpc) is 2.40. The first-order valence-corrected chi connectivity index (χ1v) is 7.40. The van der Waals surface area contributed by atoms with Crippen LogP contribution in [0.2, 0.25) is 10.0 Å². The van der Waals surface area contributed by atoms with E-state index >= 15 is 0 Å². The fourth-order valence-electron chi connectivity index (χ4n) is 1.73. The van der Waals surface area contributed by atoms with Gasteiger partial charge in [0, 0.05) is 19.6 Å². The first kappa shape index (κ1) is 16.9. The molecule has 0 aliphatic heterocycles. The van der Waals surface area contributed by atoms with Crippen molar-refractivity contribution in [3.63, 3.8) is 0 Å². The lowest BCUT2D eigenvalue weighted by atomic mass is 10.3. The van der Waals surface area contributed by atoms with Crippen LogP contribution in [0.1, 0.15) is 20.8 Å². The smallest absolute Gasteiger partial charge is 0.239 e. The standard InChI is InChI=1S/C13H20Cl2N4O/c1-4-16-11(20)8-19(6-3)13-10(15)7-9(14)12(18-13)17-5-2/h7H,4-6,8H2,1-3H3,(H,16,20)(H,17,18). The van der Waals surface area contributed by atoms with Crippen molar-refractivity contribution in [1.29, 1.82) is 0 Å². The van der Waals surface area contributed by atoms with Crippen LogP contribution in [0.25, 0.3) is 0 Å². The summed E-state index contributed by atoms with van der Waals surface area (Å²) in [4.78, 5) is 17.9. The molecule has 0 fully saturated rings. The number of hydrogen-bond donors (Lipinski definition) is 2. The molecular formula is C13H20Cl2N4O. The quantitative estimate of drug-likeness (QED) is 0.811. The molecule has 0 aliphatic carbocycles. The minimum absolute atomic E-state index is 0.0628. The number of pyridine rings is 1. The van der Waals surface area contributed by atoms with E-state index in [0.29, 0.717) is 41.3 Å². The van der Waals surface area contributed by atoms with E-state index in [1.54, 1.807) is 6.07 Å². The highest BCUT2D eigenvalue weighted by Crippen LogP contribution is 2.31. The van der Waals surface area contributed by atoms with Crippen molar-refractivity contribution in [2.75, 3.05) is 36.4 Å². The third-order valence-corrected chi connectivity index (χ3v) is 3.21. The predicted octanol–water partition coefficient (Wildman–Crippen LogP) is 2.78. The molecule has 2 N–H and O–H groups in total. The Morgan fingerprint density at radius 2 is 1.95 bits per heavy atom. The number of carbonyl (C=O) groups is 1. The van der Waals surface area contributed by atoms with Crippen molar-refractivity contribution in [3.8, 4) is 0 Å². The molecule has 0 spiro atoms. The topological polar surface area (TPSA) is 57.3 Å². The molecule has 0 saturated carbocycles. The number of amides is 1. The predicted molar refractivity (Wildman–Crippen MR) is 85.0 cm³/mol. The van der Waals surface area contributed by atoms with E-state index in [-0.39, 0.29) is 12.5 Å². The van der Waals surface area contributed by atoms with Gasteiger partial charge in [0.1, 0.15) is 11.6 Å². The van der Waals surface area contributed by atoms with E-state index in [4.69, 9.17) is 23.2 Å². The summed E-state index contributed by atoms with van der Waals surface area (Å²) >= 11 is 12.3. The summed E-state index contributed by atoms with van der Waals surface area (Å²) in [6, 6.07) is 1.64. The van der Waals surface area contributed by atoms with Gasteiger partial charge in [-0.2, -0.15) is 0 Å². The first-order chi connectivity index (χ1) is 9.53. The van der Waals surface area contributed by atoms with Crippen LogP contribution in [0.4, 0.5) is 11.6 Å². The lowest BCUT2D eigenvalue weighted by Gasteiger charge is -2.23. The number of anilines is 2. The molecule has 1 amide bonds. The number of carbonyl (C=O) groups excluding carboxylic acids is 1. The van der Waals surface area contributed by atoms with Crippen molar-refractivity contribution < 1.29 is 4.79 Å². The van der Waals surface area contributed by atoms with E-state index < -0.39 is 0 Å². The second kappa shape index (κ2) is 8.17. The Morgan fingerprint density at radius 3 is 2.50 bits per heavy atom. The zero-order valence-corrected chi connectivity index (χ0v) is 13.5. The van der Waals surface area contributed by atoms with Gasteiger partial charge in [0.05, 0.1) is 16.6 Å². The molecular weight excluding hydrogens is 299 g/mol. The zero-order valence-electron chi connectivity index (χ0n) is 12.0. The molecule has 20 heavy (non-hydrogen) atoms. The second-order valence-corrected chi connectivity index (χ2v) is 4.94. The Hall–Kier alpha value is -1.20. The summed E-state index contributed by atoms with van der Waals surface area (Å²) in [7, 11) is 0. The molecule has 0 radical (unpaired) electrons. The van der Waals surface area contributed by atoms with Gasteiger partial charge in [-0.05, 0) is 26.8 Å². The fourth-order valence-corrected chi connectivity index (χ4v) is 2.28. The van der Waals surface area contributed by atoms with Crippen LogP contribution in [-0.2, 0) is 4.79 Å².